The van der Waals surface area contributed by atoms with Crippen molar-refractivity contribution >= 4 is 5.91 Å². The van der Waals surface area contributed by atoms with Crippen LogP contribution < -0.4 is 5.43 Å². The Balaban J connectivity index is 2.19. The van der Waals surface area contributed by atoms with E-state index in [1.807, 2.05) is 0 Å². The molecule has 0 bridgehead atoms. The average Bonchev–Trinajstić information content (AvgIpc) is 2.72. The molecule has 1 amide bonds. The van der Waals surface area contributed by atoms with Crippen LogP contribution in [0, 0.1) is 0 Å². The van der Waals surface area contributed by atoms with E-state index in [9.17, 15) is 14.7 Å². The van der Waals surface area contributed by atoms with Crippen LogP contribution in [-0.4, -0.2) is 38.3 Å². The smallest absolute Gasteiger partial charge is 0.276 e. The van der Waals surface area contributed by atoms with Crippen molar-refractivity contribution in [3.05, 3.63) is 22.1 Å². The number of fused-ring (bicyclic) bond motifs is 2. The van der Waals surface area contributed by atoms with Gasteiger partial charge in [-0.1, -0.05) is 0 Å². The summed E-state index contributed by atoms with van der Waals surface area (Å²) in [6.07, 6.45) is 2.98. The highest BCUT2D eigenvalue weighted by molar-refractivity contribution is 5.95. The van der Waals surface area contributed by atoms with Gasteiger partial charge in [-0.25, -0.2) is 0 Å². The summed E-state index contributed by atoms with van der Waals surface area (Å²) in [4.78, 5) is 25.0. The Bertz CT molecular complexity index is 523. The van der Waals surface area contributed by atoms with Gasteiger partial charge in [-0.05, 0) is 12.8 Å². The number of aromatic nitrogens is 2. The summed E-state index contributed by atoms with van der Waals surface area (Å²) in [6.45, 7) is 1.26. The molecule has 2 aliphatic rings. The predicted molar refractivity (Wildman–Crippen MR) is 54.2 cm³/mol. The summed E-state index contributed by atoms with van der Waals surface area (Å²) in [5.74, 6) is -0.762. The zero-order valence-corrected chi connectivity index (χ0v) is 8.59. The molecule has 1 saturated heterocycles. The first kappa shape index (κ1) is 9.38. The van der Waals surface area contributed by atoms with E-state index in [0.717, 1.165) is 19.0 Å². The quantitative estimate of drug-likeness (QED) is 0.644. The predicted octanol–water partition coefficient (Wildman–Crippen LogP) is -0.433. The van der Waals surface area contributed by atoms with Crippen LogP contribution in [0.1, 0.15) is 23.3 Å². The SMILES string of the molecule is O=C1c2c(O)c(=O)cnn2CC2CCCN12. The number of amides is 1. The fourth-order valence-electron chi connectivity index (χ4n) is 2.46. The Labute approximate surface area is 91.1 Å². The molecule has 1 aromatic heterocycles. The highest BCUT2D eigenvalue weighted by Gasteiger charge is 2.37. The zero-order chi connectivity index (χ0) is 11.3. The summed E-state index contributed by atoms with van der Waals surface area (Å²) in [7, 11) is 0. The number of hydrogen-bond donors (Lipinski definition) is 1. The molecule has 0 spiro atoms. The number of aromatic hydroxyl groups is 1. The molecule has 6 nitrogen and oxygen atoms in total. The van der Waals surface area contributed by atoms with E-state index in [-0.39, 0.29) is 17.6 Å². The molecule has 1 atom stereocenters. The second kappa shape index (κ2) is 3.07. The summed E-state index contributed by atoms with van der Waals surface area (Å²) >= 11 is 0. The van der Waals surface area contributed by atoms with Gasteiger partial charge in [0.1, 0.15) is 0 Å². The first-order valence-corrected chi connectivity index (χ1v) is 5.28. The van der Waals surface area contributed by atoms with Crippen LogP contribution in [0.25, 0.3) is 0 Å². The summed E-state index contributed by atoms with van der Waals surface area (Å²) < 4.78 is 1.44. The Kier molecular flexibility index (Phi) is 1.80. The van der Waals surface area contributed by atoms with E-state index in [4.69, 9.17) is 0 Å². The van der Waals surface area contributed by atoms with Gasteiger partial charge >= 0.3 is 0 Å². The third kappa shape index (κ3) is 1.09. The number of hydrogen-bond acceptors (Lipinski definition) is 4. The fraction of sp³-hybridized carbons (Fsp3) is 0.500. The molecular weight excluding hydrogens is 210 g/mol. The van der Waals surface area contributed by atoms with Crippen molar-refractivity contribution in [2.45, 2.75) is 25.4 Å². The van der Waals surface area contributed by atoms with Crippen molar-refractivity contribution in [2.75, 3.05) is 6.54 Å². The third-order valence-electron chi connectivity index (χ3n) is 3.25. The van der Waals surface area contributed by atoms with Crippen LogP contribution in [0.4, 0.5) is 0 Å². The maximum absolute atomic E-state index is 12.0. The number of carbonyl (C=O) groups is 1. The molecule has 0 aliphatic carbocycles. The summed E-state index contributed by atoms with van der Waals surface area (Å²) in [5.41, 5.74) is -0.567. The second-order valence-corrected chi connectivity index (χ2v) is 4.18. The minimum absolute atomic E-state index is 0.0330. The standard InChI is InChI=1S/C10H11N3O3/c14-7-4-11-13-5-6-2-1-3-12(6)10(16)8(13)9(7)15/h4,6,15H,1-3,5H2. The van der Waals surface area contributed by atoms with Crippen LogP contribution in [-0.2, 0) is 6.54 Å². The molecule has 84 valence electrons. The van der Waals surface area contributed by atoms with Crippen molar-refractivity contribution in [3.63, 3.8) is 0 Å². The molecule has 0 radical (unpaired) electrons. The third-order valence-corrected chi connectivity index (χ3v) is 3.25. The van der Waals surface area contributed by atoms with Gasteiger partial charge in [-0.3, -0.25) is 14.3 Å². The largest absolute Gasteiger partial charge is 0.502 e. The molecular formula is C10H11N3O3. The maximum atomic E-state index is 12.0. The molecule has 6 heteroatoms. The maximum Gasteiger partial charge on any atom is 0.276 e. The Hall–Kier alpha value is -1.85. The topological polar surface area (TPSA) is 75.4 Å². The van der Waals surface area contributed by atoms with Gasteiger partial charge in [0.15, 0.2) is 11.4 Å². The first-order valence-electron chi connectivity index (χ1n) is 5.28. The van der Waals surface area contributed by atoms with E-state index in [1.54, 1.807) is 4.90 Å². The molecule has 3 rings (SSSR count). The molecule has 3 heterocycles. The van der Waals surface area contributed by atoms with Crippen molar-refractivity contribution < 1.29 is 9.90 Å². The molecule has 1 aromatic rings. The number of carbonyl (C=O) groups excluding carboxylic acids is 1. The van der Waals surface area contributed by atoms with Gasteiger partial charge in [-0.2, -0.15) is 5.10 Å². The van der Waals surface area contributed by atoms with Gasteiger partial charge in [-0.15, -0.1) is 0 Å². The highest BCUT2D eigenvalue weighted by Crippen LogP contribution is 2.27. The van der Waals surface area contributed by atoms with E-state index >= 15 is 0 Å². The van der Waals surface area contributed by atoms with E-state index in [2.05, 4.69) is 5.10 Å². The van der Waals surface area contributed by atoms with Crippen LogP contribution in [0.5, 0.6) is 5.75 Å². The minimum atomic E-state index is -0.600. The van der Waals surface area contributed by atoms with Crippen LogP contribution in [0.2, 0.25) is 0 Å². The van der Waals surface area contributed by atoms with Crippen molar-refractivity contribution in [2.24, 2.45) is 0 Å². The molecule has 0 aromatic carbocycles. The fourth-order valence-corrected chi connectivity index (χ4v) is 2.46. The number of rotatable bonds is 0. The molecule has 2 aliphatic heterocycles. The average molecular weight is 221 g/mol. The van der Waals surface area contributed by atoms with E-state index < -0.39 is 11.2 Å². The zero-order valence-electron chi connectivity index (χ0n) is 8.59. The van der Waals surface area contributed by atoms with Crippen LogP contribution >= 0.6 is 0 Å². The van der Waals surface area contributed by atoms with Gasteiger partial charge in [0.2, 0.25) is 5.43 Å². The van der Waals surface area contributed by atoms with E-state index in [0.29, 0.717) is 13.1 Å². The summed E-state index contributed by atoms with van der Waals surface area (Å²) in [5, 5.41) is 13.5. The molecule has 16 heavy (non-hydrogen) atoms. The van der Waals surface area contributed by atoms with Gasteiger partial charge in [0.05, 0.1) is 18.8 Å². The highest BCUT2D eigenvalue weighted by atomic mass is 16.3. The summed E-state index contributed by atoms with van der Waals surface area (Å²) in [6, 6.07) is 0.161. The Morgan fingerprint density at radius 1 is 1.44 bits per heavy atom. The molecule has 1 fully saturated rings. The molecule has 0 saturated carbocycles. The van der Waals surface area contributed by atoms with Crippen LogP contribution in [0.3, 0.4) is 0 Å². The van der Waals surface area contributed by atoms with E-state index in [1.165, 1.54) is 4.68 Å². The lowest BCUT2D eigenvalue weighted by Crippen LogP contribution is -2.45. The first-order chi connectivity index (χ1) is 7.68. The molecule has 1 N–H and O–H groups in total. The number of nitrogens with zero attached hydrogens (tertiary/aromatic N) is 3. The normalized spacial score (nSPS) is 23.1. The van der Waals surface area contributed by atoms with Crippen LogP contribution in [0.15, 0.2) is 11.0 Å². The lowest BCUT2D eigenvalue weighted by atomic mass is 10.1. The second-order valence-electron chi connectivity index (χ2n) is 4.18. The van der Waals surface area contributed by atoms with Gasteiger partial charge in [0.25, 0.3) is 5.91 Å². The van der Waals surface area contributed by atoms with Gasteiger partial charge in [0, 0.05) is 6.54 Å². The molecule has 1 unspecified atom stereocenters. The van der Waals surface area contributed by atoms with Crippen molar-refractivity contribution in [3.8, 4) is 5.75 Å². The van der Waals surface area contributed by atoms with Crippen molar-refractivity contribution in [1.29, 1.82) is 0 Å². The van der Waals surface area contributed by atoms with Crippen molar-refractivity contribution in [1.82, 2.24) is 14.7 Å². The monoisotopic (exact) mass is 221 g/mol. The Morgan fingerprint density at radius 2 is 2.25 bits per heavy atom. The minimum Gasteiger partial charge on any atom is -0.502 e. The Morgan fingerprint density at radius 3 is 3.06 bits per heavy atom. The van der Waals surface area contributed by atoms with Gasteiger partial charge < -0.3 is 10.0 Å². The lowest BCUT2D eigenvalue weighted by Gasteiger charge is -2.31. The lowest BCUT2D eigenvalue weighted by molar-refractivity contribution is 0.0648.